The Morgan fingerprint density at radius 1 is 1.52 bits per heavy atom. The van der Waals surface area contributed by atoms with Crippen LogP contribution in [-0.4, -0.2) is 33.8 Å². The molecule has 0 radical (unpaired) electrons. The Morgan fingerprint density at radius 3 is 3.19 bits per heavy atom. The highest BCUT2D eigenvalue weighted by atomic mass is 32.2. The molecule has 0 saturated carbocycles. The van der Waals surface area contributed by atoms with Gasteiger partial charge in [-0.3, -0.25) is 9.89 Å². The van der Waals surface area contributed by atoms with Crippen LogP contribution >= 0.6 is 11.8 Å². The minimum absolute atomic E-state index is 0.0517. The molecular formula is C15H16FN3OS. The molecule has 1 aromatic carbocycles. The van der Waals surface area contributed by atoms with Crippen molar-refractivity contribution in [3.8, 4) is 0 Å². The number of halogens is 1. The standard InChI is InChI=1S/C15H16FN3OS/c1-21-9-11-6-10(2-3-13(11)16)15(20)19-5-4-14-12(8-19)7-17-18-14/h2-3,6-7H,4-5,8-9H2,1H3,(H,17,18). The van der Waals surface area contributed by atoms with E-state index in [1.54, 1.807) is 23.2 Å². The van der Waals surface area contributed by atoms with E-state index in [-0.39, 0.29) is 11.7 Å². The van der Waals surface area contributed by atoms with Crippen molar-refractivity contribution < 1.29 is 9.18 Å². The molecule has 1 aliphatic rings. The average Bonchev–Trinajstić information content (AvgIpc) is 2.96. The Morgan fingerprint density at radius 2 is 2.38 bits per heavy atom. The summed E-state index contributed by atoms with van der Waals surface area (Å²) in [6.45, 7) is 1.21. The molecular weight excluding hydrogens is 289 g/mol. The van der Waals surface area contributed by atoms with Gasteiger partial charge in [-0.15, -0.1) is 0 Å². The van der Waals surface area contributed by atoms with Crippen LogP contribution in [0.2, 0.25) is 0 Å². The molecule has 21 heavy (non-hydrogen) atoms. The molecule has 0 saturated heterocycles. The number of aromatic nitrogens is 2. The number of fused-ring (bicyclic) bond motifs is 1. The van der Waals surface area contributed by atoms with Crippen LogP contribution in [0.15, 0.2) is 24.4 Å². The molecule has 2 heterocycles. The fraction of sp³-hybridized carbons (Fsp3) is 0.333. The second-order valence-electron chi connectivity index (χ2n) is 5.09. The van der Waals surface area contributed by atoms with Crippen molar-refractivity contribution in [1.82, 2.24) is 15.1 Å². The third-order valence-corrected chi connectivity index (χ3v) is 4.28. The van der Waals surface area contributed by atoms with Crippen LogP contribution in [0.25, 0.3) is 0 Å². The van der Waals surface area contributed by atoms with E-state index in [1.807, 2.05) is 6.26 Å². The van der Waals surface area contributed by atoms with E-state index in [9.17, 15) is 9.18 Å². The van der Waals surface area contributed by atoms with E-state index in [0.717, 1.165) is 17.7 Å². The number of thioether (sulfide) groups is 1. The largest absolute Gasteiger partial charge is 0.334 e. The Bertz CT molecular complexity index is 671. The van der Waals surface area contributed by atoms with Crippen LogP contribution in [0.1, 0.15) is 27.2 Å². The highest BCUT2D eigenvalue weighted by molar-refractivity contribution is 7.97. The first kappa shape index (κ1) is 14.1. The van der Waals surface area contributed by atoms with Gasteiger partial charge in [0.05, 0.1) is 6.20 Å². The maximum atomic E-state index is 13.7. The first-order chi connectivity index (χ1) is 10.2. The third kappa shape index (κ3) is 2.81. The van der Waals surface area contributed by atoms with Crippen molar-refractivity contribution in [3.05, 3.63) is 52.6 Å². The summed E-state index contributed by atoms with van der Waals surface area (Å²) in [5.41, 5.74) is 3.28. The molecule has 0 spiro atoms. The van der Waals surface area contributed by atoms with E-state index >= 15 is 0 Å². The number of hydrogen-bond acceptors (Lipinski definition) is 3. The van der Waals surface area contributed by atoms with E-state index in [0.29, 0.717) is 30.0 Å². The third-order valence-electron chi connectivity index (χ3n) is 3.68. The summed E-state index contributed by atoms with van der Waals surface area (Å²) >= 11 is 1.54. The lowest BCUT2D eigenvalue weighted by Gasteiger charge is -2.26. The Kier molecular flexibility index (Phi) is 3.96. The topological polar surface area (TPSA) is 49.0 Å². The van der Waals surface area contributed by atoms with Crippen LogP contribution in [0.5, 0.6) is 0 Å². The second kappa shape index (κ2) is 5.89. The molecule has 1 aromatic heterocycles. The van der Waals surface area contributed by atoms with Crippen LogP contribution in [0, 0.1) is 5.82 Å². The number of rotatable bonds is 3. The summed E-state index contributed by atoms with van der Waals surface area (Å²) < 4.78 is 13.7. The molecule has 1 amide bonds. The minimum Gasteiger partial charge on any atom is -0.334 e. The van der Waals surface area contributed by atoms with E-state index < -0.39 is 0 Å². The number of aromatic amines is 1. The molecule has 110 valence electrons. The Hall–Kier alpha value is -1.82. The molecule has 3 rings (SSSR count). The van der Waals surface area contributed by atoms with E-state index in [1.165, 1.54) is 17.8 Å². The summed E-state index contributed by atoms with van der Waals surface area (Å²) in [7, 11) is 0. The van der Waals surface area contributed by atoms with Gasteiger partial charge in [0.2, 0.25) is 0 Å². The molecule has 0 bridgehead atoms. The summed E-state index contributed by atoms with van der Waals surface area (Å²) in [5.74, 6) is 0.264. The lowest BCUT2D eigenvalue weighted by molar-refractivity contribution is 0.0734. The van der Waals surface area contributed by atoms with E-state index in [2.05, 4.69) is 10.2 Å². The summed E-state index contributed by atoms with van der Waals surface area (Å²) in [4.78, 5) is 14.4. The summed E-state index contributed by atoms with van der Waals surface area (Å²) in [6, 6.07) is 4.61. The number of nitrogens with zero attached hydrogens (tertiary/aromatic N) is 2. The summed E-state index contributed by atoms with van der Waals surface area (Å²) in [5, 5.41) is 6.95. The Balaban J connectivity index is 1.81. The fourth-order valence-corrected chi connectivity index (χ4v) is 3.08. The van der Waals surface area contributed by atoms with Gasteiger partial charge in [-0.25, -0.2) is 4.39 Å². The number of H-pyrrole nitrogens is 1. The predicted octanol–water partition coefficient (Wildman–Crippen LogP) is 2.61. The SMILES string of the molecule is CSCc1cc(C(=O)N2CCc3[nH]ncc3C2)ccc1F. The van der Waals surface area contributed by atoms with Gasteiger partial charge >= 0.3 is 0 Å². The van der Waals surface area contributed by atoms with Crippen LogP contribution in [-0.2, 0) is 18.7 Å². The lowest BCUT2D eigenvalue weighted by Crippen LogP contribution is -2.35. The maximum Gasteiger partial charge on any atom is 0.254 e. The van der Waals surface area contributed by atoms with Gasteiger partial charge in [-0.05, 0) is 30.0 Å². The average molecular weight is 305 g/mol. The molecule has 6 heteroatoms. The van der Waals surface area contributed by atoms with Crippen molar-refractivity contribution in [2.45, 2.75) is 18.7 Å². The van der Waals surface area contributed by atoms with Gasteiger partial charge in [0.1, 0.15) is 5.82 Å². The van der Waals surface area contributed by atoms with Crippen molar-refractivity contribution in [2.75, 3.05) is 12.8 Å². The van der Waals surface area contributed by atoms with Crippen LogP contribution < -0.4 is 0 Å². The molecule has 0 aliphatic carbocycles. The van der Waals surface area contributed by atoms with Crippen molar-refractivity contribution in [2.24, 2.45) is 0 Å². The van der Waals surface area contributed by atoms with Gasteiger partial charge in [-0.1, -0.05) is 0 Å². The highest BCUT2D eigenvalue weighted by Gasteiger charge is 2.23. The maximum absolute atomic E-state index is 13.7. The zero-order chi connectivity index (χ0) is 14.8. The molecule has 0 fully saturated rings. The molecule has 0 atom stereocenters. The van der Waals surface area contributed by atoms with Gasteiger partial charge in [-0.2, -0.15) is 16.9 Å². The van der Waals surface area contributed by atoms with Gasteiger partial charge in [0.15, 0.2) is 0 Å². The predicted molar refractivity (Wildman–Crippen MR) is 80.7 cm³/mol. The highest BCUT2D eigenvalue weighted by Crippen LogP contribution is 2.21. The van der Waals surface area contributed by atoms with Crippen LogP contribution in [0.4, 0.5) is 4.39 Å². The number of carbonyl (C=O) groups is 1. The fourth-order valence-electron chi connectivity index (χ4n) is 2.55. The van der Waals surface area contributed by atoms with Crippen LogP contribution in [0.3, 0.4) is 0 Å². The zero-order valence-corrected chi connectivity index (χ0v) is 12.5. The number of carbonyl (C=O) groups excluding carboxylic acids is 1. The normalized spacial score (nSPS) is 14.1. The van der Waals surface area contributed by atoms with E-state index in [4.69, 9.17) is 0 Å². The zero-order valence-electron chi connectivity index (χ0n) is 11.7. The monoisotopic (exact) mass is 305 g/mol. The second-order valence-corrected chi connectivity index (χ2v) is 5.96. The molecule has 1 aliphatic heterocycles. The molecule has 1 N–H and O–H groups in total. The minimum atomic E-state index is -0.253. The van der Waals surface area contributed by atoms with Crippen molar-refractivity contribution >= 4 is 17.7 Å². The Labute approximate surface area is 126 Å². The van der Waals surface area contributed by atoms with Gasteiger partial charge in [0, 0.05) is 42.1 Å². The first-order valence-electron chi connectivity index (χ1n) is 6.77. The smallest absolute Gasteiger partial charge is 0.254 e. The van der Waals surface area contributed by atoms with Gasteiger partial charge < -0.3 is 4.90 Å². The van der Waals surface area contributed by atoms with Gasteiger partial charge in [0.25, 0.3) is 5.91 Å². The van der Waals surface area contributed by atoms with Crippen molar-refractivity contribution in [3.63, 3.8) is 0 Å². The number of amides is 1. The lowest BCUT2D eigenvalue weighted by atomic mass is 10.1. The molecule has 2 aromatic rings. The molecule has 4 nitrogen and oxygen atoms in total. The first-order valence-corrected chi connectivity index (χ1v) is 8.16. The quantitative estimate of drug-likeness (QED) is 0.948. The number of benzene rings is 1. The molecule has 0 unspecified atom stereocenters. The number of nitrogens with one attached hydrogen (secondary N) is 1. The number of hydrogen-bond donors (Lipinski definition) is 1. The summed E-state index contributed by atoms with van der Waals surface area (Å²) in [6.07, 6.45) is 4.46. The van der Waals surface area contributed by atoms with Crippen molar-refractivity contribution in [1.29, 1.82) is 0 Å².